The van der Waals surface area contributed by atoms with Crippen LogP contribution in [-0.4, -0.2) is 37.5 Å². The van der Waals surface area contributed by atoms with Crippen LogP contribution >= 0.6 is 0 Å². The zero-order valence-electron chi connectivity index (χ0n) is 8.49. The van der Waals surface area contributed by atoms with Crippen LogP contribution in [0.2, 0.25) is 0 Å². The lowest BCUT2D eigenvalue weighted by atomic mass is 10.3. The molecule has 0 radical (unpaired) electrons. The molecule has 0 aliphatic rings. The molecule has 8 heteroatoms. The highest BCUT2D eigenvalue weighted by atomic mass is 16.6. The number of hydrogen-bond acceptors (Lipinski definition) is 5. The Morgan fingerprint density at radius 2 is 2.00 bits per heavy atom. The third-order valence-corrected chi connectivity index (χ3v) is 1.33. The van der Waals surface area contributed by atoms with Gasteiger partial charge in [0.15, 0.2) is 0 Å². The van der Waals surface area contributed by atoms with Crippen molar-refractivity contribution in [2.45, 2.75) is 13.0 Å². The van der Waals surface area contributed by atoms with Gasteiger partial charge >= 0.3 is 6.03 Å². The van der Waals surface area contributed by atoms with Crippen LogP contribution in [0.3, 0.4) is 0 Å². The van der Waals surface area contributed by atoms with Crippen LogP contribution in [-0.2, 0) is 14.4 Å². The highest BCUT2D eigenvalue weighted by Gasteiger charge is 2.14. The number of nitrogens with one attached hydrogen (secondary N) is 3. The predicted molar refractivity (Wildman–Crippen MR) is 50.3 cm³/mol. The van der Waals surface area contributed by atoms with Crippen molar-refractivity contribution in [3.8, 4) is 0 Å². The number of carbonyl (C=O) groups excluding carboxylic acids is 3. The molecule has 0 saturated heterocycles. The zero-order chi connectivity index (χ0) is 11.8. The van der Waals surface area contributed by atoms with Crippen molar-refractivity contribution in [3.63, 3.8) is 0 Å². The van der Waals surface area contributed by atoms with Crippen LogP contribution in [0.15, 0.2) is 0 Å². The molecule has 0 heterocycles. The molecule has 0 fully saturated rings. The maximum absolute atomic E-state index is 11.2. The number of urea groups is 1. The first-order valence-electron chi connectivity index (χ1n) is 4.15. The second kappa shape index (κ2) is 6.74. The Bertz CT molecular complexity index is 255. The molecule has 0 spiro atoms. The first kappa shape index (κ1) is 13.3. The van der Waals surface area contributed by atoms with Gasteiger partial charge in [0.2, 0.25) is 11.8 Å². The Labute approximate surface area is 86.5 Å². The Morgan fingerprint density at radius 1 is 1.40 bits per heavy atom. The number of carbonyl (C=O) groups is 3. The number of hydroxylamine groups is 1. The first-order valence-corrected chi connectivity index (χ1v) is 4.15. The molecule has 4 amide bonds. The van der Waals surface area contributed by atoms with E-state index in [0.717, 1.165) is 0 Å². The van der Waals surface area contributed by atoms with Gasteiger partial charge in [0.05, 0.1) is 0 Å². The first-order chi connectivity index (χ1) is 6.97. The lowest BCUT2D eigenvalue weighted by Crippen LogP contribution is -2.47. The van der Waals surface area contributed by atoms with Gasteiger partial charge in [0.25, 0.3) is 0 Å². The van der Waals surface area contributed by atoms with Crippen molar-refractivity contribution in [2.24, 2.45) is 5.73 Å². The van der Waals surface area contributed by atoms with E-state index < -0.39 is 23.9 Å². The van der Waals surface area contributed by atoms with Crippen molar-refractivity contribution < 1.29 is 19.2 Å². The predicted octanol–water partition coefficient (Wildman–Crippen LogP) is -2.16. The largest absolute Gasteiger partial charge is 0.368 e. The standard InChI is InChI=1S/C7H14N4O4/c1-4(11-15-3-5(8)12)6(13)10-7(14)9-2/h4,11H,3H2,1-2H3,(H2,8,12)(H2,9,10,13,14). The van der Waals surface area contributed by atoms with Gasteiger partial charge in [-0.2, -0.15) is 5.48 Å². The molecular formula is C7H14N4O4. The summed E-state index contributed by atoms with van der Waals surface area (Å²) in [5.74, 6) is -1.25. The van der Waals surface area contributed by atoms with E-state index in [1.165, 1.54) is 14.0 Å². The van der Waals surface area contributed by atoms with E-state index >= 15 is 0 Å². The lowest BCUT2D eigenvalue weighted by Gasteiger charge is -2.12. The smallest absolute Gasteiger partial charge is 0.321 e. The van der Waals surface area contributed by atoms with Gasteiger partial charge in [-0.15, -0.1) is 0 Å². The molecule has 15 heavy (non-hydrogen) atoms. The molecule has 0 aromatic rings. The fourth-order valence-corrected chi connectivity index (χ4v) is 0.574. The summed E-state index contributed by atoms with van der Waals surface area (Å²) in [6.07, 6.45) is 0. The Balaban J connectivity index is 3.79. The number of nitrogens with two attached hydrogens (primary N) is 1. The van der Waals surface area contributed by atoms with Gasteiger partial charge in [0.1, 0.15) is 12.6 Å². The summed E-state index contributed by atoms with van der Waals surface area (Å²) in [6, 6.07) is -1.40. The molecule has 0 aromatic heterocycles. The molecule has 8 nitrogen and oxygen atoms in total. The van der Waals surface area contributed by atoms with E-state index in [1.54, 1.807) is 0 Å². The highest BCUT2D eigenvalue weighted by molar-refractivity contribution is 5.96. The maximum Gasteiger partial charge on any atom is 0.321 e. The molecule has 0 saturated carbocycles. The molecule has 0 aliphatic carbocycles. The molecule has 86 valence electrons. The number of amides is 4. The lowest BCUT2D eigenvalue weighted by molar-refractivity contribution is -0.132. The van der Waals surface area contributed by atoms with Crippen LogP contribution in [0.1, 0.15) is 6.92 Å². The zero-order valence-corrected chi connectivity index (χ0v) is 8.49. The van der Waals surface area contributed by atoms with Gasteiger partial charge in [0, 0.05) is 7.05 Å². The van der Waals surface area contributed by atoms with E-state index in [0.29, 0.717) is 0 Å². The number of rotatable bonds is 5. The second-order valence-electron chi connectivity index (χ2n) is 2.66. The summed E-state index contributed by atoms with van der Waals surface area (Å²) < 4.78 is 0. The summed E-state index contributed by atoms with van der Waals surface area (Å²) in [7, 11) is 1.38. The van der Waals surface area contributed by atoms with Crippen molar-refractivity contribution in [1.29, 1.82) is 0 Å². The van der Waals surface area contributed by atoms with E-state index in [1.807, 2.05) is 5.32 Å². The summed E-state index contributed by atoms with van der Waals surface area (Å²) in [5.41, 5.74) is 7.04. The Hall–Kier alpha value is -1.67. The maximum atomic E-state index is 11.2. The van der Waals surface area contributed by atoms with E-state index in [4.69, 9.17) is 5.73 Å². The summed E-state index contributed by atoms with van der Waals surface area (Å²) in [4.78, 5) is 36.7. The SMILES string of the molecule is CNC(=O)NC(=O)C(C)NOCC(N)=O. The van der Waals surface area contributed by atoms with Crippen LogP contribution in [0.5, 0.6) is 0 Å². The summed E-state index contributed by atoms with van der Waals surface area (Å²) >= 11 is 0. The minimum Gasteiger partial charge on any atom is -0.368 e. The fourth-order valence-electron chi connectivity index (χ4n) is 0.574. The van der Waals surface area contributed by atoms with Crippen molar-refractivity contribution >= 4 is 17.8 Å². The average Bonchev–Trinajstić information content (AvgIpc) is 2.16. The Kier molecular flexibility index (Phi) is 5.99. The van der Waals surface area contributed by atoms with Crippen LogP contribution in [0.4, 0.5) is 4.79 Å². The number of primary amides is 1. The molecule has 0 bridgehead atoms. The normalized spacial score (nSPS) is 11.6. The minimum absolute atomic E-state index is 0.350. The molecule has 1 unspecified atom stereocenters. The van der Waals surface area contributed by atoms with Gasteiger partial charge in [-0.25, -0.2) is 4.79 Å². The third-order valence-electron chi connectivity index (χ3n) is 1.33. The number of imide groups is 1. The summed E-state index contributed by atoms with van der Waals surface area (Å²) in [6.45, 7) is 1.11. The van der Waals surface area contributed by atoms with Crippen molar-refractivity contribution in [2.75, 3.05) is 13.7 Å². The quantitative estimate of drug-likeness (QED) is 0.391. The molecule has 0 rings (SSSR count). The molecule has 0 aromatic carbocycles. The van der Waals surface area contributed by atoms with Gasteiger partial charge in [-0.1, -0.05) is 0 Å². The monoisotopic (exact) mass is 218 g/mol. The fraction of sp³-hybridized carbons (Fsp3) is 0.571. The van der Waals surface area contributed by atoms with Gasteiger partial charge < -0.3 is 11.1 Å². The molecule has 0 aliphatic heterocycles. The van der Waals surface area contributed by atoms with Gasteiger partial charge in [-0.3, -0.25) is 19.7 Å². The summed E-state index contributed by atoms with van der Waals surface area (Å²) in [5, 5.41) is 4.23. The van der Waals surface area contributed by atoms with E-state index in [9.17, 15) is 14.4 Å². The van der Waals surface area contributed by atoms with Crippen LogP contribution in [0.25, 0.3) is 0 Å². The van der Waals surface area contributed by atoms with Crippen LogP contribution in [0, 0.1) is 0 Å². The van der Waals surface area contributed by atoms with Crippen LogP contribution < -0.4 is 21.8 Å². The Morgan fingerprint density at radius 3 is 2.47 bits per heavy atom. The number of hydrogen-bond donors (Lipinski definition) is 4. The highest BCUT2D eigenvalue weighted by Crippen LogP contribution is 1.82. The second-order valence-corrected chi connectivity index (χ2v) is 2.66. The van der Waals surface area contributed by atoms with Crippen molar-refractivity contribution in [1.82, 2.24) is 16.1 Å². The molecular weight excluding hydrogens is 204 g/mol. The topological polar surface area (TPSA) is 123 Å². The van der Waals surface area contributed by atoms with E-state index in [-0.39, 0.29) is 6.61 Å². The van der Waals surface area contributed by atoms with Crippen molar-refractivity contribution in [3.05, 3.63) is 0 Å². The van der Waals surface area contributed by atoms with E-state index in [2.05, 4.69) is 15.6 Å². The van der Waals surface area contributed by atoms with Gasteiger partial charge in [-0.05, 0) is 6.92 Å². The molecule has 5 N–H and O–H groups in total. The minimum atomic E-state index is -0.776. The molecule has 1 atom stereocenters. The average molecular weight is 218 g/mol. The third kappa shape index (κ3) is 6.41.